The highest BCUT2D eigenvalue weighted by Gasteiger charge is 2.42. The number of ether oxygens (including phenoxy) is 3. The molecule has 1 fully saturated rings. The van der Waals surface area contributed by atoms with Gasteiger partial charge >= 0.3 is 0 Å². The molecule has 1 aromatic rings. The van der Waals surface area contributed by atoms with Gasteiger partial charge in [0.05, 0.1) is 20.3 Å². The summed E-state index contributed by atoms with van der Waals surface area (Å²) in [6.45, 7) is 5.54. The van der Waals surface area contributed by atoms with Crippen molar-refractivity contribution in [2.75, 3.05) is 27.4 Å². The molecule has 0 amide bonds. The van der Waals surface area contributed by atoms with E-state index in [1.165, 1.54) is 5.56 Å². The molecule has 3 heteroatoms. The van der Waals surface area contributed by atoms with E-state index >= 15 is 0 Å². The minimum atomic E-state index is -0.319. The molecule has 0 atom stereocenters. The molecule has 1 saturated heterocycles. The highest BCUT2D eigenvalue weighted by Crippen LogP contribution is 2.39. The van der Waals surface area contributed by atoms with Crippen molar-refractivity contribution in [2.45, 2.75) is 25.4 Å². The largest absolute Gasteiger partial charge is 0.496 e. The summed E-state index contributed by atoms with van der Waals surface area (Å²) in [7, 11) is 3.42. The predicted molar refractivity (Wildman–Crippen MR) is 66.6 cm³/mol. The number of hydrogen-bond donors (Lipinski definition) is 0. The lowest BCUT2D eigenvalue weighted by molar-refractivity contribution is -0.203. The first-order valence-corrected chi connectivity index (χ1v) is 5.94. The molecule has 94 valence electrons. The van der Waals surface area contributed by atoms with Crippen LogP contribution in [0.3, 0.4) is 0 Å². The fourth-order valence-electron chi connectivity index (χ4n) is 2.11. The first-order chi connectivity index (χ1) is 8.13. The van der Waals surface area contributed by atoms with Gasteiger partial charge in [0.1, 0.15) is 11.4 Å². The van der Waals surface area contributed by atoms with Gasteiger partial charge in [-0.25, -0.2) is 0 Å². The summed E-state index contributed by atoms with van der Waals surface area (Å²) in [4.78, 5) is 0. The molecule has 0 N–H and O–H groups in total. The van der Waals surface area contributed by atoms with E-state index in [-0.39, 0.29) is 5.60 Å². The summed E-state index contributed by atoms with van der Waals surface area (Å²) in [5.74, 6) is 1.38. The van der Waals surface area contributed by atoms with Crippen molar-refractivity contribution in [3.63, 3.8) is 0 Å². The fourth-order valence-corrected chi connectivity index (χ4v) is 2.11. The van der Waals surface area contributed by atoms with Gasteiger partial charge in [0.25, 0.3) is 0 Å². The standard InChI is InChI=1S/C14H20O3/c1-10(2)11-5-6-12(13(7-11)15-3)14(16-4)8-17-9-14/h5-7,10H,8-9H2,1-4H3. The summed E-state index contributed by atoms with van der Waals surface area (Å²) in [6, 6.07) is 6.33. The van der Waals surface area contributed by atoms with Crippen molar-refractivity contribution in [3.8, 4) is 5.75 Å². The highest BCUT2D eigenvalue weighted by atomic mass is 16.6. The summed E-state index contributed by atoms with van der Waals surface area (Å²) in [5.41, 5.74) is 2.04. The van der Waals surface area contributed by atoms with Gasteiger partial charge in [-0.05, 0) is 17.5 Å². The van der Waals surface area contributed by atoms with Crippen molar-refractivity contribution in [1.82, 2.24) is 0 Å². The Labute approximate surface area is 103 Å². The van der Waals surface area contributed by atoms with E-state index in [0.717, 1.165) is 11.3 Å². The monoisotopic (exact) mass is 236 g/mol. The Balaban J connectivity index is 2.40. The normalized spacial score (nSPS) is 17.9. The summed E-state index contributed by atoms with van der Waals surface area (Å²) in [5, 5.41) is 0. The van der Waals surface area contributed by atoms with E-state index in [2.05, 4.69) is 32.0 Å². The summed E-state index contributed by atoms with van der Waals surface area (Å²) in [6.07, 6.45) is 0. The molecule has 0 unspecified atom stereocenters. The van der Waals surface area contributed by atoms with E-state index in [1.807, 2.05) is 0 Å². The number of methoxy groups -OCH3 is 2. The molecule has 0 saturated carbocycles. The lowest BCUT2D eigenvalue weighted by Gasteiger charge is -2.41. The molecule has 3 nitrogen and oxygen atoms in total. The molecule has 1 aliphatic heterocycles. The molecule has 0 bridgehead atoms. The van der Waals surface area contributed by atoms with E-state index in [9.17, 15) is 0 Å². The van der Waals surface area contributed by atoms with Gasteiger partial charge in [-0.2, -0.15) is 0 Å². The molecule has 1 aromatic carbocycles. The zero-order valence-electron chi connectivity index (χ0n) is 10.9. The fraction of sp³-hybridized carbons (Fsp3) is 0.571. The molecule has 1 heterocycles. The second kappa shape index (κ2) is 4.67. The minimum absolute atomic E-state index is 0.319. The Morgan fingerprint density at radius 3 is 2.35 bits per heavy atom. The Morgan fingerprint density at radius 2 is 1.94 bits per heavy atom. The first kappa shape index (κ1) is 12.4. The van der Waals surface area contributed by atoms with Crippen LogP contribution in [0.15, 0.2) is 18.2 Å². The predicted octanol–water partition coefficient (Wildman–Crippen LogP) is 2.69. The van der Waals surface area contributed by atoms with Crippen LogP contribution in [0.1, 0.15) is 30.9 Å². The van der Waals surface area contributed by atoms with Crippen LogP contribution in [0.25, 0.3) is 0 Å². The van der Waals surface area contributed by atoms with Gasteiger partial charge in [0, 0.05) is 12.7 Å². The highest BCUT2D eigenvalue weighted by molar-refractivity contribution is 5.43. The van der Waals surface area contributed by atoms with Crippen LogP contribution in [0.2, 0.25) is 0 Å². The van der Waals surface area contributed by atoms with Gasteiger partial charge in [-0.1, -0.05) is 26.0 Å². The Kier molecular flexibility index (Phi) is 3.40. The van der Waals surface area contributed by atoms with Gasteiger partial charge in [0.15, 0.2) is 0 Å². The molecule has 2 rings (SSSR count). The molecule has 0 radical (unpaired) electrons. The molecular formula is C14H20O3. The van der Waals surface area contributed by atoms with E-state index in [0.29, 0.717) is 19.1 Å². The maximum absolute atomic E-state index is 5.60. The third-order valence-corrected chi connectivity index (χ3v) is 3.44. The second-order valence-corrected chi connectivity index (χ2v) is 4.81. The maximum Gasteiger partial charge on any atom is 0.143 e. The number of rotatable bonds is 4. The van der Waals surface area contributed by atoms with Crippen LogP contribution in [0, 0.1) is 0 Å². The Morgan fingerprint density at radius 1 is 1.24 bits per heavy atom. The van der Waals surface area contributed by atoms with Gasteiger partial charge in [-0.3, -0.25) is 0 Å². The van der Waals surface area contributed by atoms with Crippen LogP contribution >= 0.6 is 0 Å². The zero-order valence-corrected chi connectivity index (χ0v) is 10.9. The van der Waals surface area contributed by atoms with Gasteiger partial charge in [-0.15, -0.1) is 0 Å². The Hall–Kier alpha value is -1.06. The molecular weight excluding hydrogens is 216 g/mol. The first-order valence-electron chi connectivity index (χ1n) is 5.94. The van der Waals surface area contributed by atoms with Crippen LogP contribution < -0.4 is 4.74 Å². The van der Waals surface area contributed by atoms with Gasteiger partial charge in [0.2, 0.25) is 0 Å². The van der Waals surface area contributed by atoms with Crippen LogP contribution in [0.4, 0.5) is 0 Å². The summed E-state index contributed by atoms with van der Waals surface area (Å²) >= 11 is 0. The number of benzene rings is 1. The average molecular weight is 236 g/mol. The van der Waals surface area contributed by atoms with Crippen LogP contribution in [0.5, 0.6) is 5.75 Å². The quantitative estimate of drug-likeness (QED) is 0.804. The molecule has 1 aliphatic rings. The van der Waals surface area contributed by atoms with E-state index in [4.69, 9.17) is 14.2 Å². The Bertz CT molecular complexity index is 389. The molecule has 0 aliphatic carbocycles. The van der Waals surface area contributed by atoms with Crippen molar-refractivity contribution in [1.29, 1.82) is 0 Å². The third-order valence-electron chi connectivity index (χ3n) is 3.44. The van der Waals surface area contributed by atoms with Gasteiger partial charge < -0.3 is 14.2 Å². The number of hydrogen-bond acceptors (Lipinski definition) is 3. The lowest BCUT2D eigenvalue weighted by Crippen LogP contribution is -2.48. The van der Waals surface area contributed by atoms with Crippen LogP contribution in [-0.4, -0.2) is 27.4 Å². The topological polar surface area (TPSA) is 27.7 Å². The van der Waals surface area contributed by atoms with E-state index < -0.39 is 0 Å². The van der Waals surface area contributed by atoms with E-state index in [1.54, 1.807) is 14.2 Å². The van der Waals surface area contributed by atoms with Crippen LogP contribution in [-0.2, 0) is 15.1 Å². The zero-order chi connectivity index (χ0) is 12.5. The maximum atomic E-state index is 5.60. The van der Waals surface area contributed by atoms with Crippen molar-refractivity contribution in [3.05, 3.63) is 29.3 Å². The lowest BCUT2D eigenvalue weighted by atomic mass is 9.88. The smallest absolute Gasteiger partial charge is 0.143 e. The van der Waals surface area contributed by atoms with Crippen molar-refractivity contribution >= 4 is 0 Å². The summed E-state index contributed by atoms with van der Waals surface area (Å²) < 4.78 is 16.4. The second-order valence-electron chi connectivity index (χ2n) is 4.81. The average Bonchev–Trinajstić information content (AvgIpc) is 2.28. The molecule has 0 aromatic heterocycles. The van der Waals surface area contributed by atoms with Crippen molar-refractivity contribution in [2.24, 2.45) is 0 Å². The molecule has 0 spiro atoms. The third kappa shape index (κ3) is 2.05. The SMILES string of the molecule is COc1cc(C(C)C)ccc1C1(OC)COC1. The van der Waals surface area contributed by atoms with Crippen molar-refractivity contribution < 1.29 is 14.2 Å². The molecule has 17 heavy (non-hydrogen) atoms. The minimum Gasteiger partial charge on any atom is -0.496 e.